The van der Waals surface area contributed by atoms with Gasteiger partial charge in [0, 0.05) is 41.4 Å². The molecule has 0 radical (unpaired) electrons. The first-order valence-electron chi connectivity index (χ1n) is 9.68. The Morgan fingerprint density at radius 3 is 2.50 bits per heavy atom. The number of benzene rings is 2. The zero-order valence-electron chi connectivity index (χ0n) is 17.0. The zero-order valence-corrected chi connectivity index (χ0v) is 17.0. The van der Waals surface area contributed by atoms with Crippen molar-refractivity contribution in [3.8, 4) is 0 Å². The van der Waals surface area contributed by atoms with Crippen LogP contribution in [0.4, 0.5) is 5.69 Å². The Balaban J connectivity index is 1.79. The molecule has 0 saturated heterocycles. The molecule has 0 aliphatic heterocycles. The van der Waals surface area contributed by atoms with Gasteiger partial charge in [-0.2, -0.15) is 0 Å². The molecule has 2 amide bonds. The summed E-state index contributed by atoms with van der Waals surface area (Å²) in [5.74, 6) is -0.00787. The fraction of sp³-hybridized carbons (Fsp3) is 0.304. The number of carbonyl (C=O) groups is 2. The standard InChI is InChI=1S/C23H27N3O2/c1-5-25(6-2)22(27)15-26-13-12-18-14-19(10-11-21(18)26)24-23(28)20-9-7-8-16(3)17(20)4/h7-14H,5-6,15H2,1-4H3,(H,24,28). The average Bonchev–Trinajstić information content (AvgIpc) is 3.07. The van der Waals surface area contributed by atoms with E-state index in [9.17, 15) is 9.59 Å². The molecule has 3 rings (SSSR count). The Kier molecular flexibility index (Phi) is 5.83. The smallest absolute Gasteiger partial charge is 0.255 e. The molecular weight excluding hydrogens is 350 g/mol. The second-order valence-electron chi connectivity index (χ2n) is 6.98. The van der Waals surface area contributed by atoms with Gasteiger partial charge < -0.3 is 14.8 Å². The van der Waals surface area contributed by atoms with Crippen LogP contribution in [0, 0.1) is 13.8 Å². The number of anilines is 1. The highest BCUT2D eigenvalue weighted by molar-refractivity contribution is 6.06. The molecule has 0 aliphatic rings. The fourth-order valence-corrected chi connectivity index (χ4v) is 3.43. The SMILES string of the molecule is CCN(CC)C(=O)Cn1ccc2cc(NC(=O)c3cccc(C)c3C)ccc21. The third-order valence-corrected chi connectivity index (χ3v) is 5.30. The van der Waals surface area contributed by atoms with Crippen molar-refractivity contribution in [1.29, 1.82) is 0 Å². The van der Waals surface area contributed by atoms with Crippen molar-refractivity contribution in [2.45, 2.75) is 34.2 Å². The lowest BCUT2D eigenvalue weighted by Gasteiger charge is -2.19. The molecular formula is C23H27N3O2. The molecule has 5 heteroatoms. The Bertz CT molecular complexity index is 1020. The molecule has 0 saturated carbocycles. The number of fused-ring (bicyclic) bond motifs is 1. The largest absolute Gasteiger partial charge is 0.342 e. The minimum atomic E-state index is -0.114. The second-order valence-corrected chi connectivity index (χ2v) is 6.98. The van der Waals surface area contributed by atoms with E-state index in [1.54, 1.807) is 0 Å². The van der Waals surface area contributed by atoms with Gasteiger partial charge >= 0.3 is 0 Å². The number of carbonyl (C=O) groups excluding carboxylic acids is 2. The number of amides is 2. The van der Waals surface area contributed by atoms with Crippen molar-refractivity contribution in [2.75, 3.05) is 18.4 Å². The van der Waals surface area contributed by atoms with E-state index in [0.29, 0.717) is 25.2 Å². The minimum Gasteiger partial charge on any atom is -0.342 e. The lowest BCUT2D eigenvalue weighted by molar-refractivity contribution is -0.131. The third-order valence-electron chi connectivity index (χ3n) is 5.30. The van der Waals surface area contributed by atoms with E-state index in [2.05, 4.69) is 5.32 Å². The summed E-state index contributed by atoms with van der Waals surface area (Å²) in [5.41, 5.74) is 4.49. The summed E-state index contributed by atoms with van der Waals surface area (Å²) in [7, 11) is 0. The third kappa shape index (κ3) is 3.93. The van der Waals surface area contributed by atoms with Crippen LogP contribution in [0.25, 0.3) is 10.9 Å². The predicted molar refractivity (Wildman–Crippen MR) is 114 cm³/mol. The number of likely N-dealkylation sites (N-methyl/N-ethyl adjacent to an activating group) is 1. The van der Waals surface area contributed by atoms with Crippen molar-refractivity contribution in [3.05, 3.63) is 65.4 Å². The number of rotatable bonds is 6. The second kappa shape index (κ2) is 8.30. The van der Waals surface area contributed by atoms with E-state index in [1.807, 2.05) is 85.8 Å². The Labute approximate surface area is 166 Å². The quantitative estimate of drug-likeness (QED) is 0.693. The molecule has 0 bridgehead atoms. The van der Waals surface area contributed by atoms with Crippen molar-refractivity contribution in [3.63, 3.8) is 0 Å². The summed E-state index contributed by atoms with van der Waals surface area (Å²) in [4.78, 5) is 26.9. The van der Waals surface area contributed by atoms with Crippen LogP contribution in [0.5, 0.6) is 0 Å². The van der Waals surface area contributed by atoms with Gasteiger partial charge in [0.2, 0.25) is 5.91 Å². The van der Waals surface area contributed by atoms with Crippen LogP contribution in [0.3, 0.4) is 0 Å². The number of hydrogen-bond acceptors (Lipinski definition) is 2. The Morgan fingerprint density at radius 2 is 1.79 bits per heavy atom. The summed E-state index contributed by atoms with van der Waals surface area (Å²) in [6.07, 6.45) is 1.92. The summed E-state index contributed by atoms with van der Waals surface area (Å²) >= 11 is 0. The van der Waals surface area contributed by atoms with E-state index < -0.39 is 0 Å². The van der Waals surface area contributed by atoms with Gasteiger partial charge in [-0.15, -0.1) is 0 Å². The van der Waals surface area contributed by atoms with Gasteiger partial charge in [-0.05, 0) is 69.2 Å². The van der Waals surface area contributed by atoms with Crippen LogP contribution in [0.2, 0.25) is 0 Å². The first kappa shape index (κ1) is 19.7. The fourth-order valence-electron chi connectivity index (χ4n) is 3.43. The molecule has 1 aromatic heterocycles. The molecule has 28 heavy (non-hydrogen) atoms. The van der Waals surface area contributed by atoms with Gasteiger partial charge in [-0.1, -0.05) is 12.1 Å². The zero-order chi connectivity index (χ0) is 20.3. The van der Waals surface area contributed by atoms with E-state index in [-0.39, 0.29) is 11.8 Å². The van der Waals surface area contributed by atoms with Gasteiger partial charge in [0.1, 0.15) is 6.54 Å². The molecule has 1 N–H and O–H groups in total. The maximum Gasteiger partial charge on any atom is 0.255 e. The topological polar surface area (TPSA) is 54.3 Å². The summed E-state index contributed by atoms with van der Waals surface area (Å²) in [6, 6.07) is 13.5. The molecule has 0 unspecified atom stereocenters. The maximum absolute atomic E-state index is 12.6. The summed E-state index contributed by atoms with van der Waals surface area (Å²) in [5, 5.41) is 3.97. The predicted octanol–water partition coefficient (Wildman–Crippen LogP) is 4.38. The number of aryl methyl sites for hydroxylation is 1. The summed E-state index contributed by atoms with van der Waals surface area (Å²) < 4.78 is 1.95. The van der Waals surface area contributed by atoms with Crippen molar-refractivity contribution in [1.82, 2.24) is 9.47 Å². The lowest BCUT2D eigenvalue weighted by Crippen LogP contribution is -2.33. The van der Waals surface area contributed by atoms with Crippen molar-refractivity contribution in [2.24, 2.45) is 0 Å². The normalized spacial score (nSPS) is 10.9. The monoisotopic (exact) mass is 377 g/mol. The average molecular weight is 377 g/mol. The van der Waals surface area contributed by atoms with Crippen LogP contribution < -0.4 is 5.32 Å². The molecule has 0 fully saturated rings. The lowest BCUT2D eigenvalue weighted by atomic mass is 10.0. The Morgan fingerprint density at radius 1 is 1.04 bits per heavy atom. The van der Waals surface area contributed by atoms with Crippen LogP contribution >= 0.6 is 0 Å². The van der Waals surface area contributed by atoms with Gasteiger partial charge in [0.25, 0.3) is 5.91 Å². The Hall–Kier alpha value is -3.08. The van der Waals surface area contributed by atoms with Crippen LogP contribution in [0.15, 0.2) is 48.7 Å². The first-order valence-corrected chi connectivity index (χ1v) is 9.68. The van der Waals surface area contributed by atoms with Gasteiger partial charge in [0.05, 0.1) is 0 Å². The van der Waals surface area contributed by atoms with Crippen LogP contribution in [0.1, 0.15) is 35.3 Å². The molecule has 5 nitrogen and oxygen atoms in total. The molecule has 0 spiro atoms. The highest BCUT2D eigenvalue weighted by atomic mass is 16.2. The van der Waals surface area contributed by atoms with Crippen LogP contribution in [-0.4, -0.2) is 34.4 Å². The van der Waals surface area contributed by atoms with Crippen molar-refractivity contribution < 1.29 is 9.59 Å². The van der Waals surface area contributed by atoms with Gasteiger partial charge in [0.15, 0.2) is 0 Å². The molecule has 2 aromatic carbocycles. The number of nitrogens with zero attached hydrogens (tertiary/aromatic N) is 2. The minimum absolute atomic E-state index is 0.106. The molecule has 1 heterocycles. The maximum atomic E-state index is 12.6. The van der Waals surface area contributed by atoms with Crippen LogP contribution in [-0.2, 0) is 11.3 Å². The molecule has 3 aromatic rings. The highest BCUT2D eigenvalue weighted by Crippen LogP contribution is 2.22. The highest BCUT2D eigenvalue weighted by Gasteiger charge is 2.13. The number of nitrogens with one attached hydrogen (secondary N) is 1. The van der Waals surface area contributed by atoms with Crippen molar-refractivity contribution >= 4 is 28.4 Å². The first-order chi connectivity index (χ1) is 13.4. The van der Waals surface area contributed by atoms with Gasteiger partial charge in [-0.3, -0.25) is 9.59 Å². The van der Waals surface area contributed by atoms with E-state index in [0.717, 1.165) is 27.7 Å². The van der Waals surface area contributed by atoms with E-state index in [4.69, 9.17) is 0 Å². The molecule has 0 aliphatic carbocycles. The van der Waals surface area contributed by atoms with E-state index in [1.165, 1.54) is 0 Å². The number of hydrogen-bond donors (Lipinski definition) is 1. The molecule has 146 valence electrons. The van der Waals surface area contributed by atoms with E-state index >= 15 is 0 Å². The molecule has 0 atom stereocenters. The summed E-state index contributed by atoms with van der Waals surface area (Å²) in [6.45, 7) is 9.67. The van der Waals surface area contributed by atoms with Gasteiger partial charge in [-0.25, -0.2) is 0 Å². The number of aromatic nitrogens is 1.